The van der Waals surface area contributed by atoms with Crippen molar-refractivity contribution in [2.75, 3.05) is 6.61 Å². The minimum absolute atomic E-state index is 0.188. The third kappa shape index (κ3) is 4.07. The molecule has 1 aromatic carbocycles. The number of esters is 2. The number of fused-ring (bicyclic) bond motifs is 1. The third-order valence-electron chi connectivity index (χ3n) is 3.92. The fourth-order valence-electron chi connectivity index (χ4n) is 3.01. The van der Waals surface area contributed by atoms with E-state index in [0.717, 1.165) is 43.2 Å². The Balaban J connectivity index is 2.31. The lowest BCUT2D eigenvalue weighted by atomic mass is 9.81. The largest absolute Gasteiger partial charge is 0.426 e. The van der Waals surface area contributed by atoms with E-state index in [4.69, 9.17) is 14.6 Å². The zero-order valence-electron chi connectivity index (χ0n) is 13.1. The van der Waals surface area contributed by atoms with Gasteiger partial charge in [-0.3, -0.25) is 9.59 Å². The van der Waals surface area contributed by atoms with Gasteiger partial charge in [0.05, 0.1) is 0 Å². The molecule has 0 saturated carbocycles. The van der Waals surface area contributed by atoms with Gasteiger partial charge in [-0.15, -0.1) is 0 Å². The van der Waals surface area contributed by atoms with Gasteiger partial charge in [0.25, 0.3) is 0 Å². The second-order valence-corrected chi connectivity index (χ2v) is 5.68. The second kappa shape index (κ2) is 7.40. The summed E-state index contributed by atoms with van der Waals surface area (Å²) in [7, 11) is 0. The Morgan fingerprint density at radius 3 is 2.27 bits per heavy atom. The van der Waals surface area contributed by atoms with Crippen LogP contribution < -0.4 is 9.47 Å². The fourth-order valence-corrected chi connectivity index (χ4v) is 3.01. The summed E-state index contributed by atoms with van der Waals surface area (Å²) in [5.41, 5.74) is 1.90. The molecule has 0 radical (unpaired) electrons. The molecule has 1 aliphatic rings. The normalized spacial score (nSPS) is 16.8. The maximum atomic E-state index is 11.3. The van der Waals surface area contributed by atoms with Gasteiger partial charge in [-0.25, -0.2) is 0 Å². The predicted molar refractivity (Wildman–Crippen MR) is 80.9 cm³/mol. The van der Waals surface area contributed by atoms with Crippen molar-refractivity contribution >= 4 is 11.9 Å². The molecule has 5 nitrogen and oxygen atoms in total. The summed E-state index contributed by atoms with van der Waals surface area (Å²) >= 11 is 0. The van der Waals surface area contributed by atoms with Crippen LogP contribution in [0.25, 0.3) is 0 Å². The number of aliphatic hydroxyl groups excluding tert-OH is 1. The summed E-state index contributed by atoms with van der Waals surface area (Å²) in [6, 6.07) is 3.37. The van der Waals surface area contributed by atoms with Crippen LogP contribution in [-0.4, -0.2) is 23.7 Å². The molecule has 1 aliphatic carbocycles. The van der Waals surface area contributed by atoms with Gasteiger partial charge < -0.3 is 14.6 Å². The van der Waals surface area contributed by atoms with Crippen LogP contribution in [0.5, 0.6) is 11.5 Å². The Bertz CT molecular complexity index is 564. The van der Waals surface area contributed by atoms with Gasteiger partial charge in [0.2, 0.25) is 0 Å². The van der Waals surface area contributed by atoms with Crippen molar-refractivity contribution in [1.82, 2.24) is 0 Å². The average Bonchev–Trinajstić information content (AvgIpc) is 2.46. The molecular weight excluding hydrogens is 284 g/mol. The first-order chi connectivity index (χ1) is 10.5. The average molecular weight is 306 g/mol. The monoisotopic (exact) mass is 306 g/mol. The standard InChI is InChI=1S/C17H22O5/c1-11(19)21-16-7-8-17(22-12(2)20)15-10-13(4-3-9-18)5-6-14(15)16/h7-8,13,18H,3-6,9-10H2,1-2H3. The van der Waals surface area contributed by atoms with Gasteiger partial charge in [-0.1, -0.05) is 0 Å². The minimum atomic E-state index is -0.361. The third-order valence-corrected chi connectivity index (χ3v) is 3.92. The van der Waals surface area contributed by atoms with Crippen LogP contribution in [0.2, 0.25) is 0 Å². The molecule has 0 heterocycles. The van der Waals surface area contributed by atoms with Crippen molar-refractivity contribution in [3.05, 3.63) is 23.3 Å². The van der Waals surface area contributed by atoms with Crippen LogP contribution in [0.15, 0.2) is 12.1 Å². The predicted octanol–water partition coefficient (Wildman–Crippen LogP) is 2.41. The Hall–Kier alpha value is -1.88. The van der Waals surface area contributed by atoms with Crippen molar-refractivity contribution in [2.24, 2.45) is 5.92 Å². The van der Waals surface area contributed by atoms with Crippen molar-refractivity contribution in [3.63, 3.8) is 0 Å². The molecule has 1 atom stereocenters. The highest BCUT2D eigenvalue weighted by molar-refractivity contribution is 5.72. The topological polar surface area (TPSA) is 72.8 Å². The Morgan fingerprint density at radius 1 is 1.14 bits per heavy atom. The van der Waals surface area contributed by atoms with Gasteiger partial charge in [0.1, 0.15) is 11.5 Å². The molecule has 1 N–H and O–H groups in total. The van der Waals surface area contributed by atoms with E-state index in [1.54, 1.807) is 12.1 Å². The summed E-state index contributed by atoms with van der Waals surface area (Å²) in [5, 5.41) is 8.98. The highest BCUT2D eigenvalue weighted by Gasteiger charge is 2.25. The molecule has 22 heavy (non-hydrogen) atoms. The van der Waals surface area contributed by atoms with Crippen LogP contribution in [-0.2, 0) is 22.4 Å². The molecule has 1 unspecified atom stereocenters. The quantitative estimate of drug-likeness (QED) is 0.668. The molecule has 5 heteroatoms. The van der Waals surface area contributed by atoms with Gasteiger partial charge >= 0.3 is 11.9 Å². The first kappa shape index (κ1) is 16.5. The molecule has 0 spiro atoms. The second-order valence-electron chi connectivity index (χ2n) is 5.68. The highest BCUT2D eigenvalue weighted by atomic mass is 16.5. The summed E-state index contributed by atoms with van der Waals surface area (Å²) in [4.78, 5) is 22.5. The van der Waals surface area contributed by atoms with Gasteiger partial charge in [-0.05, 0) is 50.2 Å². The van der Waals surface area contributed by atoms with Crippen molar-refractivity contribution in [2.45, 2.75) is 46.0 Å². The van der Waals surface area contributed by atoms with Crippen molar-refractivity contribution in [1.29, 1.82) is 0 Å². The number of carbonyl (C=O) groups excluding carboxylic acids is 2. The van der Waals surface area contributed by atoms with Crippen LogP contribution in [0.4, 0.5) is 0 Å². The Labute approximate surface area is 130 Å². The number of hydrogen-bond acceptors (Lipinski definition) is 5. The van der Waals surface area contributed by atoms with E-state index in [9.17, 15) is 9.59 Å². The number of hydrogen-bond donors (Lipinski definition) is 1. The lowest BCUT2D eigenvalue weighted by Crippen LogP contribution is -2.18. The number of carbonyl (C=O) groups is 2. The fraction of sp³-hybridized carbons (Fsp3) is 0.529. The van der Waals surface area contributed by atoms with E-state index in [2.05, 4.69) is 0 Å². The lowest BCUT2D eigenvalue weighted by Gasteiger charge is -2.27. The highest BCUT2D eigenvalue weighted by Crippen LogP contribution is 2.39. The summed E-state index contributed by atoms with van der Waals surface area (Å²) in [6.45, 7) is 2.94. The molecule has 2 rings (SSSR count). The van der Waals surface area contributed by atoms with E-state index in [1.807, 2.05) is 0 Å². The summed E-state index contributed by atoms with van der Waals surface area (Å²) < 4.78 is 10.6. The number of aliphatic hydroxyl groups is 1. The van der Waals surface area contributed by atoms with E-state index < -0.39 is 0 Å². The summed E-state index contributed by atoms with van der Waals surface area (Å²) in [5.74, 6) is 0.831. The molecule has 1 aromatic rings. The van der Waals surface area contributed by atoms with Crippen LogP contribution in [0.1, 0.15) is 44.2 Å². The molecule has 0 saturated heterocycles. The lowest BCUT2D eigenvalue weighted by molar-refractivity contribution is -0.133. The zero-order valence-corrected chi connectivity index (χ0v) is 13.1. The maximum Gasteiger partial charge on any atom is 0.308 e. The smallest absolute Gasteiger partial charge is 0.308 e. The van der Waals surface area contributed by atoms with Crippen LogP contribution in [0, 0.1) is 5.92 Å². The SMILES string of the molecule is CC(=O)Oc1ccc(OC(C)=O)c2c1CCC(CCCO)C2. The Morgan fingerprint density at radius 2 is 1.73 bits per heavy atom. The minimum Gasteiger partial charge on any atom is -0.426 e. The van der Waals surface area contributed by atoms with Gasteiger partial charge in [0, 0.05) is 31.6 Å². The van der Waals surface area contributed by atoms with Crippen LogP contribution in [0.3, 0.4) is 0 Å². The van der Waals surface area contributed by atoms with Gasteiger partial charge in [0.15, 0.2) is 0 Å². The number of rotatable bonds is 5. The molecular formula is C17H22O5. The van der Waals surface area contributed by atoms with Crippen molar-refractivity contribution in [3.8, 4) is 11.5 Å². The first-order valence-electron chi connectivity index (χ1n) is 7.63. The maximum absolute atomic E-state index is 11.3. The van der Waals surface area contributed by atoms with Crippen molar-refractivity contribution < 1.29 is 24.2 Å². The number of ether oxygens (including phenoxy) is 2. The summed E-state index contributed by atoms with van der Waals surface area (Å²) in [6.07, 6.45) is 4.24. The molecule has 0 aromatic heterocycles. The van der Waals surface area contributed by atoms with E-state index in [1.165, 1.54) is 13.8 Å². The molecule has 0 bridgehead atoms. The number of benzene rings is 1. The van der Waals surface area contributed by atoms with Gasteiger partial charge in [-0.2, -0.15) is 0 Å². The van der Waals surface area contributed by atoms with E-state index in [-0.39, 0.29) is 18.5 Å². The zero-order chi connectivity index (χ0) is 16.1. The van der Waals surface area contributed by atoms with Crippen LogP contribution >= 0.6 is 0 Å². The van der Waals surface area contributed by atoms with E-state index >= 15 is 0 Å². The Kier molecular flexibility index (Phi) is 5.55. The first-order valence-corrected chi connectivity index (χ1v) is 7.63. The van der Waals surface area contributed by atoms with E-state index in [0.29, 0.717) is 17.4 Å². The molecule has 0 fully saturated rings. The molecule has 0 aliphatic heterocycles. The molecule has 0 amide bonds. The molecule has 120 valence electrons.